The van der Waals surface area contributed by atoms with Crippen LogP contribution in [0.15, 0.2) is 22.7 Å². The summed E-state index contributed by atoms with van der Waals surface area (Å²) < 4.78 is 6.36. The maximum Gasteiger partial charge on any atom is 0.133 e. The van der Waals surface area contributed by atoms with Gasteiger partial charge in [-0.2, -0.15) is 0 Å². The van der Waals surface area contributed by atoms with Gasteiger partial charge in [0.25, 0.3) is 0 Å². The van der Waals surface area contributed by atoms with Crippen LogP contribution >= 0.6 is 15.9 Å². The topological polar surface area (TPSA) is 21.3 Å². The van der Waals surface area contributed by atoms with Gasteiger partial charge in [0, 0.05) is 0 Å². The van der Waals surface area contributed by atoms with Crippen molar-refractivity contribution in [3.8, 4) is 5.75 Å². The molecule has 1 saturated carbocycles. The summed E-state index contributed by atoms with van der Waals surface area (Å²) in [6.07, 6.45) is 9.45. The zero-order valence-corrected chi connectivity index (χ0v) is 14.3. The molecule has 3 heteroatoms. The fourth-order valence-corrected chi connectivity index (χ4v) is 4.00. The highest BCUT2D eigenvalue weighted by molar-refractivity contribution is 9.10. The second kappa shape index (κ2) is 7.46. The van der Waals surface area contributed by atoms with Gasteiger partial charge in [-0.05, 0) is 84.7 Å². The highest BCUT2D eigenvalue weighted by Gasteiger charge is 2.32. The van der Waals surface area contributed by atoms with Crippen molar-refractivity contribution in [2.75, 3.05) is 20.7 Å². The summed E-state index contributed by atoms with van der Waals surface area (Å²) in [5, 5.41) is 3.32. The smallest absolute Gasteiger partial charge is 0.133 e. The zero-order chi connectivity index (χ0) is 14.4. The molecule has 2 nitrogen and oxygen atoms in total. The van der Waals surface area contributed by atoms with E-state index in [4.69, 9.17) is 4.74 Å². The Morgan fingerprint density at radius 2 is 2.00 bits per heavy atom. The standard InChI is InChI=1S/C17H26BrNO/c1-19-12-11-17(8-3-4-9-17)10-7-14-5-6-16(20-2)15(18)13-14/h5-6,13,19H,3-4,7-12H2,1-2H3. The van der Waals surface area contributed by atoms with E-state index in [1.807, 2.05) is 0 Å². The minimum atomic E-state index is 0.579. The fourth-order valence-electron chi connectivity index (χ4n) is 3.42. The largest absolute Gasteiger partial charge is 0.496 e. The Labute approximate surface area is 131 Å². The second-order valence-corrected chi connectivity index (χ2v) is 6.88. The Bertz CT molecular complexity index is 427. The summed E-state index contributed by atoms with van der Waals surface area (Å²) >= 11 is 3.58. The molecule has 1 aromatic carbocycles. The van der Waals surface area contributed by atoms with Crippen molar-refractivity contribution < 1.29 is 4.74 Å². The van der Waals surface area contributed by atoms with Crippen LogP contribution in [0.4, 0.5) is 0 Å². The molecule has 1 aliphatic carbocycles. The Hall–Kier alpha value is -0.540. The molecule has 0 aliphatic heterocycles. The lowest BCUT2D eigenvalue weighted by atomic mass is 9.77. The Kier molecular flexibility index (Phi) is 5.91. The Morgan fingerprint density at radius 3 is 2.60 bits per heavy atom. The number of aryl methyl sites for hydroxylation is 1. The number of hydrogen-bond donors (Lipinski definition) is 1. The quantitative estimate of drug-likeness (QED) is 0.786. The summed E-state index contributed by atoms with van der Waals surface area (Å²) in [6.45, 7) is 1.15. The number of nitrogens with one attached hydrogen (secondary N) is 1. The molecule has 1 N–H and O–H groups in total. The number of methoxy groups -OCH3 is 1. The number of hydrogen-bond acceptors (Lipinski definition) is 2. The number of ether oxygens (including phenoxy) is 1. The van der Waals surface area contributed by atoms with Crippen LogP contribution in [0.25, 0.3) is 0 Å². The molecular weight excluding hydrogens is 314 g/mol. The van der Waals surface area contributed by atoms with Gasteiger partial charge in [0.2, 0.25) is 0 Å². The van der Waals surface area contributed by atoms with Crippen molar-refractivity contribution >= 4 is 15.9 Å². The monoisotopic (exact) mass is 339 g/mol. The predicted octanol–water partition coefficient (Wildman–Crippen LogP) is 4.56. The zero-order valence-electron chi connectivity index (χ0n) is 12.7. The van der Waals surface area contributed by atoms with Gasteiger partial charge >= 0.3 is 0 Å². The summed E-state index contributed by atoms with van der Waals surface area (Å²) in [5.41, 5.74) is 1.99. The average molecular weight is 340 g/mol. The first-order valence-electron chi connectivity index (χ1n) is 7.66. The normalized spacial score (nSPS) is 17.4. The van der Waals surface area contributed by atoms with Crippen LogP contribution in [0, 0.1) is 5.41 Å². The molecule has 20 heavy (non-hydrogen) atoms. The average Bonchev–Trinajstić information content (AvgIpc) is 2.92. The third-order valence-electron chi connectivity index (χ3n) is 4.73. The Morgan fingerprint density at radius 1 is 1.25 bits per heavy atom. The maximum absolute atomic E-state index is 5.30. The van der Waals surface area contributed by atoms with Crippen LogP contribution < -0.4 is 10.1 Å². The minimum absolute atomic E-state index is 0.579. The van der Waals surface area contributed by atoms with Crippen LogP contribution in [0.1, 0.15) is 44.1 Å². The van der Waals surface area contributed by atoms with Gasteiger partial charge in [0.1, 0.15) is 5.75 Å². The molecule has 0 spiro atoms. The van der Waals surface area contributed by atoms with E-state index in [-0.39, 0.29) is 0 Å². The molecular formula is C17H26BrNO. The van der Waals surface area contributed by atoms with Gasteiger partial charge in [0.05, 0.1) is 11.6 Å². The molecule has 0 atom stereocenters. The van der Waals surface area contributed by atoms with Crippen LogP contribution in [-0.2, 0) is 6.42 Å². The maximum atomic E-state index is 5.30. The predicted molar refractivity (Wildman–Crippen MR) is 88.5 cm³/mol. The van der Waals surface area contributed by atoms with E-state index < -0.39 is 0 Å². The van der Waals surface area contributed by atoms with Crippen molar-refractivity contribution in [2.24, 2.45) is 5.41 Å². The molecule has 0 unspecified atom stereocenters. The van der Waals surface area contributed by atoms with Crippen molar-refractivity contribution in [3.63, 3.8) is 0 Å². The van der Waals surface area contributed by atoms with Gasteiger partial charge in [-0.25, -0.2) is 0 Å². The van der Waals surface area contributed by atoms with E-state index in [9.17, 15) is 0 Å². The van der Waals surface area contributed by atoms with Crippen molar-refractivity contribution in [2.45, 2.75) is 44.9 Å². The van der Waals surface area contributed by atoms with Crippen molar-refractivity contribution in [1.82, 2.24) is 5.32 Å². The van der Waals surface area contributed by atoms with E-state index in [2.05, 4.69) is 46.5 Å². The van der Waals surface area contributed by atoms with E-state index in [1.165, 1.54) is 50.5 Å². The van der Waals surface area contributed by atoms with Crippen molar-refractivity contribution in [3.05, 3.63) is 28.2 Å². The lowest BCUT2D eigenvalue weighted by Gasteiger charge is -2.29. The molecule has 0 bridgehead atoms. The van der Waals surface area contributed by atoms with Crippen molar-refractivity contribution in [1.29, 1.82) is 0 Å². The summed E-state index contributed by atoms with van der Waals surface area (Å²) in [4.78, 5) is 0. The first-order valence-corrected chi connectivity index (χ1v) is 8.45. The summed E-state index contributed by atoms with van der Waals surface area (Å²) in [5.74, 6) is 0.916. The molecule has 0 amide bonds. The molecule has 2 rings (SSSR count). The van der Waals surface area contributed by atoms with E-state index in [0.29, 0.717) is 5.41 Å². The van der Waals surface area contributed by atoms with Gasteiger partial charge in [0.15, 0.2) is 0 Å². The van der Waals surface area contributed by atoms with Crippen LogP contribution in [0.3, 0.4) is 0 Å². The lowest BCUT2D eigenvalue weighted by Crippen LogP contribution is -2.23. The lowest BCUT2D eigenvalue weighted by molar-refractivity contribution is 0.247. The highest BCUT2D eigenvalue weighted by atomic mass is 79.9. The number of rotatable bonds is 7. The van der Waals surface area contributed by atoms with Gasteiger partial charge in [-0.1, -0.05) is 18.9 Å². The molecule has 112 valence electrons. The second-order valence-electron chi connectivity index (χ2n) is 6.03. The summed E-state index contributed by atoms with van der Waals surface area (Å²) in [6, 6.07) is 6.47. The number of halogens is 1. The number of benzene rings is 1. The van der Waals surface area contributed by atoms with Crippen LogP contribution in [0.5, 0.6) is 5.75 Å². The van der Waals surface area contributed by atoms with E-state index in [1.54, 1.807) is 7.11 Å². The molecule has 0 saturated heterocycles. The molecule has 1 fully saturated rings. The Balaban J connectivity index is 1.97. The molecule has 0 aromatic heterocycles. The van der Waals surface area contributed by atoms with E-state index in [0.717, 1.165) is 16.8 Å². The molecule has 1 aromatic rings. The first kappa shape index (κ1) is 15.8. The third kappa shape index (κ3) is 3.98. The molecule has 0 radical (unpaired) electrons. The highest BCUT2D eigenvalue weighted by Crippen LogP contribution is 2.44. The van der Waals surface area contributed by atoms with Gasteiger partial charge in [-0.3, -0.25) is 0 Å². The molecule has 0 heterocycles. The first-order chi connectivity index (χ1) is 9.69. The summed E-state index contributed by atoms with van der Waals surface area (Å²) in [7, 11) is 3.77. The van der Waals surface area contributed by atoms with Crippen LogP contribution in [0.2, 0.25) is 0 Å². The third-order valence-corrected chi connectivity index (χ3v) is 5.35. The fraction of sp³-hybridized carbons (Fsp3) is 0.647. The molecule has 1 aliphatic rings. The van der Waals surface area contributed by atoms with Crippen LogP contribution in [-0.4, -0.2) is 20.7 Å². The van der Waals surface area contributed by atoms with E-state index >= 15 is 0 Å². The SMILES string of the molecule is CNCCC1(CCc2ccc(OC)c(Br)c2)CCCC1. The van der Waals surface area contributed by atoms with Gasteiger partial charge < -0.3 is 10.1 Å². The van der Waals surface area contributed by atoms with Gasteiger partial charge in [-0.15, -0.1) is 0 Å². The minimum Gasteiger partial charge on any atom is -0.496 e.